The second kappa shape index (κ2) is 8.30. The van der Waals surface area contributed by atoms with E-state index >= 15 is 0 Å². The first-order valence-electron chi connectivity index (χ1n) is 10.9. The van der Waals surface area contributed by atoms with Crippen molar-refractivity contribution in [2.75, 3.05) is 14.2 Å². The normalized spacial score (nSPS) is 16.8. The molecule has 4 aromatic rings. The van der Waals surface area contributed by atoms with Crippen LogP contribution in [-0.2, 0) is 12.2 Å². The van der Waals surface area contributed by atoms with E-state index in [-0.39, 0.29) is 6.61 Å². The lowest BCUT2D eigenvalue weighted by Crippen LogP contribution is -2.34. The fourth-order valence-electron chi connectivity index (χ4n) is 4.62. The molecule has 4 aromatic carbocycles. The molecule has 4 heteroatoms. The minimum absolute atomic E-state index is 0.116. The van der Waals surface area contributed by atoms with E-state index in [2.05, 4.69) is 55.5 Å². The number of methoxy groups -OCH3 is 2. The van der Waals surface area contributed by atoms with Crippen LogP contribution in [0.2, 0.25) is 0 Å². The van der Waals surface area contributed by atoms with Gasteiger partial charge in [-0.15, -0.1) is 0 Å². The fraction of sp³-hybridized carbons (Fsp3) is 0.172. The standard InChI is InChI=1S/C29H26O4/c1-19-9-11-22(12-10-19)29(21-7-5-4-6-8-21)16-15-23-20(18-30)17-25-24(27(23)33-29)13-14-26(31-2)28(25)32-3/h4-17,30H,18H2,1-3H3. The molecule has 1 atom stereocenters. The van der Waals surface area contributed by atoms with Gasteiger partial charge in [-0.1, -0.05) is 66.2 Å². The Labute approximate surface area is 193 Å². The highest BCUT2D eigenvalue weighted by molar-refractivity contribution is 5.99. The minimum Gasteiger partial charge on any atom is -0.493 e. The zero-order chi connectivity index (χ0) is 23.0. The lowest BCUT2D eigenvalue weighted by atomic mass is 9.82. The summed E-state index contributed by atoms with van der Waals surface area (Å²) in [5.74, 6) is 1.96. The summed E-state index contributed by atoms with van der Waals surface area (Å²) in [6, 6.07) is 24.5. The van der Waals surface area contributed by atoms with Crippen LogP contribution in [0.3, 0.4) is 0 Å². The maximum absolute atomic E-state index is 10.2. The van der Waals surface area contributed by atoms with Crippen LogP contribution in [-0.4, -0.2) is 19.3 Å². The molecule has 0 spiro atoms. The fourth-order valence-corrected chi connectivity index (χ4v) is 4.62. The van der Waals surface area contributed by atoms with Crippen LogP contribution in [0.1, 0.15) is 27.8 Å². The summed E-state index contributed by atoms with van der Waals surface area (Å²) in [4.78, 5) is 0. The molecule has 5 rings (SSSR count). The van der Waals surface area contributed by atoms with Crippen LogP contribution in [0.25, 0.3) is 16.8 Å². The molecule has 0 radical (unpaired) electrons. The van der Waals surface area contributed by atoms with Crippen LogP contribution < -0.4 is 14.2 Å². The number of hydrogen-bond acceptors (Lipinski definition) is 4. The third-order valence-electron chi connectivity index (χ3n) is 6.34. The molecule has 0 amide bonds. The van der Waals surface area contributed by atoms with Gasteiger partial charge in [0.2, 0.25) is 0 Å². The van der Waals surface area contributed by atoms with E-state index in [4.69, 9.17) is 14.2 Å². The van der Waals surface area contributed by atoms with Crippen molar-refractivity contribution in [3.63, 3.8) is 0 Å². The van der Waals surface area contributed by atoms with Crippen molar-refractivity contribution in [2.45, 2.75) is 19.1 Å². The summed E-state index contributed by atoms with van der Waals surface area (Å²) in [5, 5.41) is 11.9. The Bertz CT molecular complexity index is 1340. The number of ether oxygens (including phenoxy) is 3. The third-order valence-corrected chi connectivity index (χ3v) is 6.34. The van der Waals surface area contributed by atoms with Gasteiger partial charge in [0, 0.05) is 27.5 Å². The molecule has 33 heavy (non-hydrogen) atoms. The smallest absolute Gasteiger partial charge is 0.178 e. The van der Waals surface area contributed by atoms with Gasteiger partial charge in [-0.2, -0.15) is 0 Å². The summed E-state index contributed by atoms with van der Waals surface area (Å²) in [6.07, 6.45) is 4.15. The van der Waals surface area contributed by atoms with Gasteiger partial charge in [0.25, 0.3) is 0 Å². The van der Waals surface area contributed by atoms with E-state index in [1.165, 1.54) is 5.56 Å². The van der Waals surface area contributed by atoms with Crippen molar-refractivity contribution in [1.29, 1.82) is 0 Å². The Morgan fingerprint density at radius 2 is 1.58 bits per heavy atom. The summed E-state index contributed by atoms with van der Waals surface area (Å²) in [7, 11) is 3.24. The average molecular weight is 439 g/mol. The predicted molar refractivity (Wildman–Crippen MR) is 131 cm³/mol. The number of fused-ring (bicyclic) bond motifs is 3. The Kier molecular flexibility index (Phi) is 5.31. The van der Waals surface area contributed by atoms with E-state index in [1.54, 1.807) is 14.2 Å². The molecule has 0 saturated carbocycles. The lowest BCUT2D eigenvalue weighted by Gasteiger charge is -2.37. The Hall–Kier alpha value is -3.76. The van der Waals surface area contributed by atoms with Crippen molar-refractivity contribution < 1.29 is 19.3 Å². The van der Waals surface area contributed by atoms with Gasteiger partial charge in [0.1, 0.15) is 5.75 Å². The molecular formula is C29H26O4. The zero-order valence-corrected chi connectivity index (χ0v) is 19.0. The van der Waals surface area contributed by atoms with E-state index < -0.39 is 5.60 Å². The van der Waals surface area contributed by atoms with Gasteiger partial charge >= 0.3 is 0 Å². The number of aliphatic hydroxyl groups is 1. The van der Waals surface area contributed by atoms with Gasteiger partial charge in [-0.05, 0) is 36.8 Å². The van der Waals surface area contributed by atoms with Gasteiger partial charge in [0.15, 0.2) is 17.1 Å². The van der Waals surface area contributed by atoms with E-state index in [9.17, 15) is 5.11 Å². The highest BCUT2D eigenvalue weighted by Crippen LogP contribution is 2.49. The molecule has 0 saturated heterocycles. The second-order valence-corrected chi connectivity index (χ2v) is 8.24. The van der Waals surface area contributed by atoms with E-state index in [0.717, 1.165) is 33.0 Å². The molecule has 166 valence electrons. The Morgan fingerprint density at radius 1 is 0.848 bits per heavy atom. The Morgan fingerprint density at radius 3 is 2.24 bits per heavy atom. The minimum atomic E-state index is -0.809. The first-order valence-corrected chi connectivity index (χ1v) is 10.9. The monoisotopic (exact) mass is 438 g/mol. The van der Waals surface area contributed by atoms with Crippen LogP contribution >= 0.6 is 0 Å². The topological polar surface area (TPSA) is 47.9 Å². The molecule has 1 aliphatic heterocycles. The summed E-state index contributed by atoms with van der Waals surface area (Å²) < 4.78 is 18.2. The van der Waals surface area contributed by atoms with E-state index in [1.807, 2.05) is 36.4 Å². The van der Waals surface area contributed by atoms with Crippen molar-refractivity contribution in [3.8, 4) is 17.2 Å². The number of hydrogen-bond donors (Lipinski definition) is 1. The predicted octanol–water partition coefficient (Wildman–Crippen LogP) is 6.01. The van der Waals surface area contributed by atoms with Crippen LogP contribution in [0.15, 0.2) is 78.9 Å². The van der Waals surface area contributed by atoms with E-state index in [0.29, 0.717) is 17.2 Å². The quantitative estimate of drug-likeness (QED) is 0.415. The molecule has 4 nitrogen and oxygen atoms in total. The molecule has 0 aliphatic carbocycles. The number of rotatable bonds is 5. The zero-order valence-electron chi connectivity index (χ0n) is 19.0. The van der Waals surface area contributed by atoms with Gasteiger partial charge in [-0.3, -0.25) is 0 Å². The number of aliphatic hydroxyl groups excluding tert-OH is 1. The molecule has 1 N–H and O–H groups in total. The molecule has 0 aromatic heterocycles. The molecule has 1 aliphatic rings. The molecule has 1 unspecified atom stereocenters. The first-order chi connectivity index (χ1) is 16.1. The Balaban J connectivity index is 1.81. The number of benzene rings is 4. The van der Waals surface area contributed by atoms with Crippen molar-refractivity contribution in [2.24, 2.45) is 0 Å². The van der Waals surface area contributed by atoms with Gasteiger partial charge < -0.3 is 19.3 Å². The summed E-state index contributed by atoms with van der Waals surface area (Å²) >= 11 is 0. The largest absolute Gasteiger partial charge is 0.493 e. The summed E-state index contributed by atoms with van der Waals surface area (Å²) in [5.41, 5.74) is 4.08. The third kappa shape index (κ3) is 3.35. The highest BCUT2D eigenvalue weighted by atomic mass is 16.5. The SMILES string of the molecule is COc1ccc2c3c(c(CO)cc2c1OC)C=CC(c1ccccc1)(c1ccc(C)cc1)O3. The van der Waals surface area contributed by atoms with Crippen LogP contribution in [0.4, 0.5) is 0 Å². The van der Waals surface area contributed by atoms with Gasteiger partial charge in [0.05, 0.1) is 20.8 Å². The lowest BCUT2D eigenvalue weighted by molar-refractivity contribution is 0.163. The summed E-state index contributed by atoms with van der Waals surface area (Å²) in [6.45, 7) is 1.96. The van der Waals surface area contributed by atoms with Crippen molar-refractivity contribution in [1.82, 2.24) is 0 Å². The first kappa shape index (κ1) is 21.1. The van der Waals surface area contributed by atoms with Crippen LogP contribution in [0.5, 0.6) is 17.2 Å². The van der Waals surface area contributed by atoms with Crippen LogP contribution in [0, 0.1) is 6.92 Å². The maximum Gasteiger partial charge on any atom is 0.178 e. The molecule has 1 heterocycles. The second-order valence-electron chi connectivity index (χ2n) is 8.24. The molecule has 0 fully saturated rings. The maximum atomic E-state index is 10.2. The highest BCUT2D eigenvalue weighted by Gasteiger charge is 2.38. The number of aryl methyl sites for hydroxylation is 1. The van der Waals surface area contributed by atoms with Crippen molar-refractivity contribution >= 4 is 16.8 Å². The molecule has 0 bridgehead atoms. The van der Waals surface area contributed by atoms with Gasteiger partial charge in [-0.25, -0.2) is 0 Å². The average Bonchev–Trinajstić information content (AvgIpc) is 2.87. The molecular weight excluding hydrogens is 412 g/mol. The van der Waals surface area contributed by atoms with Crippen molar-refractivity contribution in [3.05, 3.63) is 107 Å².